The standard InChI is InChI=1S/C19H27N5O2/c1-24(2)12-11-20-17-14-16(19(25)21-10-7-13-26-3)22-18(23-17)15-8-5-4-6-9-15/h4-6,8-9,14H,7,10-13H2,1-3H3,(H,21,25)(H,20,22,23). The fourth-order valence-electron chi connectivity index (χ4n) is 2.29. The zero-order valence-corrected chi connectivity index (χ0v) is 15.7. The third kappa shape index (κ3) is 6.42. The van der Waals surface area contributed by atoms with Crippen LogP contribution in [0.2, 0.25) is 0 Å². The first kappa shape index (κ1) is 19.8. The molecule has 7 heteroatoms. The average molecular weight is 357 g/mol. The number of rotatable bonds is 10. The van der Waals surface area contributed by atoms with Gasteiger partial charge in [-0.05, 0) is 20.5 Å². The lowest BCUT2D eigenvalue weighted by atomic mass is 10.2. The van der Waals surface area contributed by atoms with Gasteiger partial charge in [-0.1, -0.05) is 30.3 Å². The Morgan fingerprint density at radius 3 is 2.62 bits per heavy atom. The number of likely N-dealkylation sites (N-methyl/N-ethyl adjacent to an activating group) is 1. The second kappa shape index (κ2) is 10.5. The molecule has 0 saturated heterocycles. The van der Waals surface area contributed by atoms with E-state index in [2.05, 4.69) is 25.5 Å². The van der Waals surface area contributed by atoms with E-state index >= 15 is 0 Å². The topological polar surface area (TPSA) is 79.4 Å². The van der Waals surface area contributed by atoms with Crippen molar-refractivity contribution >= 4 is 11.7 Å². The SMILES string of the molecule is COCCCNC(=O)c1cc(NCCN(C)C)nc(-c2ccccc2)n1. The van der Waals surface area contributed by atoms with E-state index in [1.165, 1.54) is 0 Å². The third-order valence-electron chi connectivity index (χ3n) is 3.67. The molecule has 1 amide bonds. The Morgan fingerprint density at radius 2 is 1.92 bits per heavy atom. The lowest BCUT2D eigenvalue weighted by Crippen LogP contribution is -2.27. The Labute approximate surface area is 154 Å². The predicted molar refractivity (Wildman–Crippen MR) is 103 cm³/mol. The minimum Gasteiger partial charge on any atom is -0.385 e. The van der Waals surface area contributed by atoms with E-state index in [9.17, 15) is 4.79 Å². The van der Waals surface area contributed by atoms with Gasteiger partial charge in [-0.25, -0.2) is 9.97 Å². The number of aromatic nitrogens is 2. The average Bonchev–Trinajstić information content (AvgIpc) is 2.65. The molecule has 2 rings (SSSR count). The molecule has 0 unspecified atom stereocenters. The number of ether oxygens (including phenoxy) is 1. The monoisotopic (exact) mass is 357 g/mol. The highest BCUT2D eigenvalue weighted by molar-refractivity contribution is 5.93. The van der Waals surface area contributed by atoms with E-state index in [-0.39, 0.29) is 5.91 Å². The lowest BCUT2D eigenvalue weighted by Gasteiger charge is -2.13. The summed E-state index contributed by atoms with van der Waals surface area (Å²) in [5.74, 6) is 0.960. The summed E-state index contributed by atoms with van der Waals surface area (Å²) in [4.78, 5) is 23.5. The van der Waals surface area contributed by atoms with Crippen LogP contribution >= 0.6 is 0 Å². The number of methoxy groups -OCH3 is 1. The van der Waals surface area contributed by atoms with Crippen molar-refractivity contribution in [2.24, 2.45) is 0 Å². The van der Waals surface area contributed by atoms with Crippen molar-refractivity contribution in [3.63, 3.8) is 0 Å². The van der Waals surface area contributed by atoms with Gasteiger partial charge in [0.15, 0.2) is 5.82 Å². The number of nitrogens with zero attached hydrogens (tertiary/aromatic N) is 3. The molecule has 0 spiro atoms. The number of benzene rings is 1. The van der Waals surface area contributed by atoms with Crippen LogP contribution < -0.4 is 10.6 Å². The first-order chi connectivity index (χ1) is 12.6. The number of anilines is 1. The van der Waals surface area contributed by atoms with Gasteiger partial charge in [0.25, 0.3) is 5.91 Å². The molecular formula is C19H27N5O2. The number of hydrogen-bond donors (Lipinski definition) is 2. The Morgan fingerprint density at radius 1 is 1.15 bits per heavy atom. The number of amides is 1. The largest absolute Gasteiger partial charge is 0.385 e. The second-order valence-electron chi connectivity index (χ2n) is 6.16. The summed E-state index contributed by atoms with van der Waals surface area (Å²) in [6.07, 6.45) is 0.757. The lowest BCUT2D eigenvalue weighted by molar-refractivity contribution is 0.0943. The summed E-state index contributed by atoms with van der Waals surface area (Å²) < 4.78 is 5.00. The molecule has 1 aromatic heterocycles. The van der Waals surface area contributed by atoms with Crippen molar-refractivity contribution < 1.29 is 9.53 Å². The van der Waals surface area contributed by atoms with Gasteiger partial charge >= 0.3 is 0 Å². The van der Waals surface area contributed by atoms with E-state index in [1.54, 1.807) is 13.2 Å². The van der Waals surface area contributed by atoms with Crippen molar-refractivity contribution in [3.8, 4) is 11.4 Å². The van der Waals surface area contributed by atoms with Gasteiger partial charge in [0, 0.05) is 45.0 Å². The Hall–Kier alpha value is -2.51. The minimum absolute atomic E-state index is 0.212. The maximum atomic E-state index is 12.4. The summed E-state index contributed by atoms with van der Waals surface area (Å²) in [7, 11) is 5.66. The zero-order valence-electron chi connectivity index (χ0n) is 15.7. The fourth-order valence-corrected chi connectivity index (χ4v) is 2.29. The van der Waals surface area contributed by atoms with Crippen molar-refractivity contribution in [2.45, 2.75) is 6.42 Å². The van der Waals surface area contributed by atoms with Crippen LogP contribution in [0.3, 0.4) is 0 Å². The molecule has 7 nitrogen and oxygen atoms in total. The maximum absolute atomic E-state index is 12.4. The third-order valence-corrected chi connectivity index (χ3v) is 3.67. The fraction of sp³-hybridized carbons (Fsp3) is 0.421. The van der Waals surface area contributed by atoms with Crippen LogP contribution in [0.1, 0.15) is 16.9 Å². The number of carbonyl (C=O) groups is 1. The highest BCUT2D eigenvalue weighted by Crippen LogP contribution is 2.17. The Balaban J connectivity index is 2.18. The van der Waals surface area contributed by atoms with Gasteiger partial charge in [0.1, 0.15) is 11.5 Å². The summed E-state index contributed by atoms with van der Waals surface area (Å²) in [6.45, 7) is 2.74. The van der Waals surface area contributed by atoms with Crippen LogP contribution in [0, 0.1) is 0 Å². The van der Waals surface area contributed by atoms with Gasteiger partial charge in [-0.3, -0.25) is 4.79 Å². The smallest absolute Gasteiger partial charge is 0.270 e. The van der Waals surface area contributed by atoms with Crippen molar-refractivity contribution in [1.29, 1.82) is 0 Å². The van der Waals surface area contributed by atoms with Crippen LogP contribution in [0.4, 0.5) is 5.82 Å². The second-order valence-corrected chi connectivity index (χ2v) is 6.16. The van der Waals surface area contributed by atoms with E-state index in [0.717, 1.165) is 25.1 Å². The highest BCUT2D eigenvalue weighted by Gasteiger charge is 2.12. The molecule has 26 heavy (non-hydrogen) atoms. The van der Waals surface area contributed by atoms with Crippen molar-refractivity contribution in [1.82, 2.24) is 20.2 Å². The van der Waals surface area contributed by atoms with E-state index in [4.69, 9.17) is 4.74 Å². The van der Waals surface area contributed by atoms with E-state index in [1.807, 2.05) is 44.4 Å². The summed E-state index contributed by atoms with van der Waals surface area (Å²) in [5.41, 5.74) is 1.22. The van der Waals surface area contributed by atoms with Crippen LogP contribution in [-0.4, -0.2) is 68.2 Å². The molecule has 1 heterocycles. The van der Waals surface area contributed by atoms with Crippen molar-refractivity contribution in [2.75, 3.05) is 52.8 Å². The van der Waals surface area contributed by atoms with Crippen LogP contribution in [-0.2, 0) is 4.74 Å². The summed E-state index contributed by atoms with van der Waals surface area (Å²) in [5, 5.41) is 6.13. The normalized spacial score (nSPS) is 10.8. The maximum Gasteiger partial charge on any atom is 0.270 e. The molecule has 0 radical (unpaired) electrons. The van der Waals surface area contributed by atoms with Gasteiger partial charge in [-0.2, -0.15) is 0 Å². The van der Waals surface area contributed by atoms with E-state index < -0.39 is 0 Å². The number of hydrogen-bond acceptors (Lipinski definition) is 6. The zero-order chi connectivity index (χ0) is 18.8. The molecule has 0 atom stereocenters. The molecule has 1 aromatic carbocycles. The molecule has 0 saturated carbocycles. The first-order valence-corrected chi connectivity index (χ1v) is 8.70. The highest BCUT2D eigenvalue weighted by atomic mass is 16.5. The van der Waals surface area contributed by atoms with E-state index in [0.29, 0.717) is 30.5 Å². The minimum atomic E-state index is -0.212. The van der Waals surface area contributed by atoms with Crippen LogP contribution in [0.5, 0.6) is 0 Å². The summed E-state index contributed by atoms with van der Waals surface area (Å²) >= 11 is 0. The van der Waals surface area contributed by atoms with Crippen LogP contribution in [0.15, 0.2) is 36.4 Å². The molecular weight excluding hydrogens is 330 g/mol. The molecule has 140 valence electrons. The number of carbonyl (C=O) groups excluding carboxylic acids is 1. The Kier molecular flexibility index (Phi) is 7.98. The van der Waals surface area contributed by atoms with Gasteiger partial charge in [0.2, 0.25) is 0 Å². The molecule has 0 aliphatic heterocycles. The molecule has 0 aliphatic rings. The van der Waals surface area contributed by atoms with Crippen LogP contribution in [0.25, 0.3) is 11.4 Å². The molecule has 2 aromatic rings. The first-order valence-electron chi connectivity index (χ1n) is 8.70. The molecule has 0 fully saturated rings. The molecule has 2 N–H and O–H groups in total. The number of nitrogens with one attached hydrogen (secondary N) is 2. The van der Waals surface area contributed by atoms with Gasteiger partial charge in [-0.15, -0.1) is 0 Å². The Bertz CT molecular complexity index is 692. The predicted octanol–water partition coefficient (Wildman–Crippen LogP) is 1.88. The van der Waals surface area contributed by atoms with Crippen molar-refractivity contribution in [3.05, 3.63) is 42.1 Å². The molecule has 0 aliphatic carbocycles. The quantitative estimate of drug-likeness (QED) is 0.632. The summed E-state index contributed by atoms with van der Waals surface area (Å²) in [6, 6.07) is 11.3. The van der Waals surface area contributed by atoms with Gasteiger partial charge < -0.3 is 20.3 Å². The molecule has 0 bridgehead atoms. The van der Waals surface area contributed by atoms with Gasteiger partial charge in [0.05, 0.1) is 0 Å².